The predicted molar refractivity (Wildman–Crippen MR) is 68.2 cm³/mol. The van der Waals surface area contributed by atoms with E-state index in [1.165, 1.54) is 6.33 Å². The van der Waals surface area contributed by atoms with Crippen molar-refractivity contribution in [1.29, 1.82) is 5.26 Å². The summed E-state index contributed by atoms with van der Waals surface area (Å²) >= 11 is 0. The molecule has 1 aromatic heterocycles. The van der Waals surface area contributed by atoms with Gasteiger partial charge in [0, 0.05) is 32.9 Å². The molecule has 0 N–H and O–H groups in total. The first-order valence-corrected chi connectivity index (χ1v) is 6.30. The lowest BCUT2D eigenvalue weighted by molar-refractivity contribution is 0.0645. The van der Waals surface area contributed by atoms with Crippen LogP contribution in [0.1, 0.15) is 25.0 Å². The topological polar surface area (TPSA) is 62.0 Å². The van der Waals surface area contributed by atoms with Gasteiger partial charge in [-0.1, -0.05) is 0 Å². The number of nitrogens with zero attached hydrogens (tertiary/aromatic N) is 4. The number of ether oxygens (including phenoxy) is 1. The van der Waals surface area contributed by atoms with Crippen molar-refractivity contribution in [2.24, 2.45) is 5.92 Å². The summed E-state index contributed by atoms with van der Waals surface area (Å²) < 4.78 is 5.35. The Morgan fingerprint density at radius 2 is 2.22 bits per heavy atom. The van der Waals surface area contributed by atoms with E-state index >= 15 is 0 Å². The van der Waals surface area contributed by atoms with Crippen LogP contribution in [-0.2, 0) is 4.74 Å². The second kappa shape index (κ2) is 6.31. The van der Waals surface area contributed by atoms with Gasteiger partial charge >= 0.3 is 0 Å². The average Bonchev–Trinajstić information content (AvgIpc) is 2.46. The van der Waals surface area contributed by atoms with Crippen molar-refractivity contribution in [1.82, 2.24) is 9.97 Å². The van der Waals surface area contributed by atoms with Gasteiger partial charge in [0.1, 0.15) is 23.9 Å². The van der Waals surface area contributed by atoms with Crippen molar-refractivity contribution in [2.75, 3.05) is 31.7 Å². The van der Waals surface area contributed by atoms with Gasteiger partial charge in [-0.05, 0) is 25.2 Å². The SMILES string of the molecule is CN(CCC1CCOCC1)c1cc(C#N)ncn1. The van der Waals surface area contributed by atoms with Crippen molar-refractivity contribution in [3.05, 3.63) is 18.1 Å². The highest BCUT2D eigenvalue weighted by Gasteiger charge is 2.14. The Labute approximate surface area is 107 Å². The molecular weight excluding hydrogens is 228 g/mol. The highest BCUT2D eigenvalue weighted by Crippen LogP contribution is 2.19. The molecular formula is C13H18N4O. The molecule has 0 atom stereocenters. The molecule has 96 valence electrons. The van der Waals surface area contributed by atoms with Crippen LogP contribution in [0, 0.1) is 17.2 Å². The van der Waals surface area contributed by atoms with E-state index in [-0.39, 0.29) is 0 Å². The molecule has 0 radical (unpaired) electrons. The quantitative estimate of drug-likeness (QED) is 0.807. The number of aromatic nitrogens is 2. The summed E-state index contributed by atoms with van der Waals surface area (Å²) in [6.07, 6.45) is 4.90. The summed E-state index contributed by atoms with van der Waals surface area (Å²) in [5, 5.41) is 8.80. The monoisotopic (exact) mass is 246 g/mol. The van der Waals surface area contributed by atoms with Crippen LogP contribution >= 0.6 is 0 Å². The van der Waals surface area contributed by atoms with E-state index in [1.807, 2.05) is 13.1 Å². The van der Waals surface area contributed by atoms with Crippen molar-refractivity contribution in [2.45, 2.75) is 19.3 Å². The summed E-state index contributed by atoms with van der Waals surface area (Å²) in [6.45, 7) is 2.73. The van der Waals surface area contributed by atoms with Crippen LogP contribution in [0.2, 0.25) is 0 Å². The fourth-order valence-electron chi connectivity index (χ4n) is 2.14. The van der Waals surface area contributed by atoms with Crippen molar-refractivity contribution in [3.8, 4) is 6.07 Å². The number of anilines is 1. The van der Waals surface area contributed by atoms with Gasteiger partial charge in [-0.25, -0.2) is 9.97 Å². The van der Waals surface area contributed by atoms with Crippen LogP contribution in [0.5, 0.6) is 0 Å². The second-order valence-corrected chi connectivity index (χ2v) is 4.64. The third-order valence-corrected chi connectivity index (χ3v) is 3.37. The molecule has 18 heavy (non-hydrogen) atoms. The molecule has 1 aromatic rings. The van der Waals surface area contributed by atoms with Crippen LogP contribution in [0.25, 0.3) is 0 Å². The number of rotatable bonds is 4. The Bertz CT molecular complexity index is 423. The molecule has 2 rings (SSSR count). The minimum absolute atomic E-state index is 0.415. The molecule has 1 aliphatic heterocycles. The Kier molecular flexibility index (Phi) is 4.48. The van der Waals surface area contributed by atoms with E-state index in [4.69, 9.17) is 10.00 Å². The highest BCUT2D eigenvalue weighted by molar-refractivity contribution is 5.40. The molecule has 0 aromatic carbocycles. The zero-order valence-electron chi connectivity index (χ0n) is 10.7. The van der Waals surface area contributed by atoms with Gasteiger partial charge in [-0.3, -0.25) is 0 Å². The summed E-state index contributed by atoms with van der Waals surface area (Å²) in [5.41, 5.74) is 0.415. The van der Waals surface area contributed by atoms with Crippen molar-refractivity contribution >= 4 is 5.82 Å². The van der Waals surface area contributed by atoms with Crippen LogP contribution in [0.4, 0.5) is 5.82 Å². The van der Waals surface area contributed by atoms with Crippen LogP contribution in [-0.4, -0.2) is 36.8 Å². The molecule has 5 nitrogen and oxygen atoms in total. The van der Waals surface area contributed by atoms with Gasteiger partial charge in [0.2, 0.25) is 0 Å². The van der Waals surface area contributed by atoms with Gasteiger partial charge < -0.3 is 9.64 Å². The molecule has 5 heteroatoms. The standard InChI is InChI=1S/C13H18N4O/c1-17(5-2-11-3-6-18-7-4-11)13-8-12(9-14)15-10-16-13/h8,10-11H,2-7H2,1H3. The van der Waals surface area contributed by atoms with Crippen LogP contribution in [0.3, 0.4) is 0 Å². The minimum Gasteiger partial charge on any atom is -0.381 e. The van der Waals surface area contributed by atoms with E-state index in [9.17, 15) is 0 Å². The van der Waals surface area contributed by atoms with Gasteiger partial charge in [0.15, 0.2) is 0 Å². The molecule has 0 amide bonds. The predicted octanol–water partition coefficient (Wildman–Crippen LogP) is 1.60. The molecule has 0 unspecified atom stereocenters. The van der Waals surface area contributed by atoms with E-state index in [0.717, 1.165) is 50.8 Å². The first-order valence-electron chi connectivity index (χ1n) is 6.30. The summed E-state index contributed by atoms with van der Waals surface area (Å²) in [6, 6.07) is 3.76. The Morgan fingerprint density at radius 3 is 2.94 bits per heavy atom. The minimum atomic E-state index is 0.415. The number of hydrogen-bond donors (Lipinski definition) is 0. The van der Waals surface area contributed by atoms with Gasteiger partial charge in [-0.15, -0.1) is 0 Å². The molecule has 2 heterocycles. The molecule has 0 saturated carbocycles. The van der Waals surface area contributed by atoms with Crippen LogP contribution < -0.4 is 4.90 Å². The Morgan fingerprint density at radius 1 is 1.44 bits per heavy atom. The molecule has 1 saturated heterocycles. The largest absolute Gasteiger partial charge is 0.381 e. The lowest BCUT2D eigenvalue weighted by Gasteiger charge is -2.25. The normalized spacial score (nSPS) is 16.2. The zero-order valence-corrected chi connectivity index (χ0v) is 10.7. The maximum absolute atomic E-state index is 8.80. The summed E-state index contributed by atoms with van der Waals surface area (Å²) in [7, 11) is 2.00. The first kappa shape index (κ1) is 12.8. The van der Waals surface area contributed by atoms with Crippen molar-refractivity contribution < 1.29 is 4.74 Å². The Balaban J connectivity index is 1.86. The smallest absolute Gasteiger partial charge is 0.145 e. The fourth-order valence-corrected chi connectivity index (χ4v) is 2.14. The van der Waals surface area contributed by atoms with E-state index in [1.54, 1.807) is 6.07 Å². The molecule has 0 bridgehead atoms. The molecule has 0 aliphatic carbocycles. The highest BCUT2D eigenvalue weighted by atomic mass is 16.5. The van der Waals surface area contributed by atoms with Crippen molar-refractivity contribution in [3.63, 3.8) is 0 Å². The maximum Gasteiger partial charge on any atom is 0.145 e. The first-order chi connectivity index (χ1) is 8.79. The van der Waals surface area contributed by atoms with E-state index in [2.05, 4.69) is 14.9 Å². The molecule has 0 spiro atoms. The second-order valence-electron chi connectivity index (χ2n) is 4.64. The fraction of sp³-hybridized carbons (Fsp3) is 0.615. The van der Waals surface area contributed by atoms with Gasteiger partial charge in [-0.2, -0.15) is 5.26 Å². The van der Waals surface area contributed by atoms with E-state index < -0.39 is 0 Å². The third-order valence-electron chi connectivity index (χ3n) is 3.37. The van der Waals surface area contributed by atoms with Gasteiger partial charge in [0.05, 0.1) is 0 Å². The van der Waals surface area contributed by atoms with E-state index in [0.29, 0.717) is 5.69 Å². The Hall–Kier alpha value is -1.67. The molecule has 1 aliphatic rings. The molecule has 1 fully saturated rings. The number of nitriles is 1. The summed E-state index contributed by atoms with van der Waals surface area (Å²) in [4.78, 5) is 10.1. The average molecular weight is 246 g/mol. The number of hydrogen-bond acceptors (Lipinski definition) is 5. The lowest BCUT2D eigenvalue weighted by Crippen LogP contribution is -2.24. The van der Waals surface area contributed by atoms with Gasteiger partial charge in [0.25, 0.3) is 0 Å². The zero-order chi connectivity index (χ0) is 12.8. The van der Waals surface area contributed by atoms with Crippen LogP contribution in [0.15, 0.2) is 12.4 Å². The third kappa shape index (κ3) is 3.41. The lowest BCUT2D eigenvalue weighted by atomic mass is 9.96. The summed E-state index contributed by atoms with van der Waals surface area (Å²) in [5.74, 6) is 1.56. The maximum atomic E-state index is 8.80.